The molecule has 232 valence electrons. The molecule has 0 aliphatic carbocycles. The van der Waals surface area contributed by atoms with Gasteiger partial charge in [0.1, 0.15) is 11.5 Å². The lowest BCUT2D eigenvalue weighted by atomic mass is 10.1. The molecule has 9 nitrogen and oxygen atoms in total. The van der Waals surface area contributed by atoms with Crippen LogP contribution in [0.4, 0.5) is 0 Å². The predicted molar refractivity (Wildman–Crippen MR) is 175 cm³/mol. The molecule has 0 bridgehead atoms. The predicted octanol–water partition coefficient (Wildman–Crippen LogP) is 6.77. The number of aliphatic carboxylic acids is 1. The number of hydrogen-bond acceptors (Lipinski definition) is 6. The molecule has 1 aromatic heterocycles. The van der Waals surface area contributed by atoms with E-state index in [-0.39, 0.29) is 23.6 Å². The van der Waals surface area contributed by atoms with Crippen LogP contribution in [0.1, 0.15) is 65.3 Å². The van der Waals surface area contributed by atoms with Gasteiger partial charge in [0.2, 0.25) is 0 Å². The van der Waals surface area contributed by atoms with Crippen LogP contribution >= 0.6 is 0 Å². The van der Waals surface area contributed by atoms with E-state index < -0.39 is 11.9 Å². The van der Waals surface area contributed by atoms with Gasteiger partial charge in [-0.3, -0.25) is 9.59 Å². The van der Waals surface area contributed by atoms with Gasteiger partial charge < -0.3 is 14.7 Å². The Morgan fingerprint density at radius 1 is 0.756 bits per heavy atom. The van der Waals surface area contributed by atoms with Crippen molar-refractivity contribution < 1.29 is 24.2 Å². The summed E-state index contributed by atoms with van der Waals surface area (Å²) in [5.41, 5.74) is 3.63. The van der Waals surface area contributed by atoms with E-state index >= 15 is 0 Å². The summed E-state index contributed by atoms with van der Waals surface area (Å²) in [7, 11) is 3.27. The summed E-state index contributed by atoms with van der Waals surface area (Å²) < 4.78 is 5.86. The van der Waals surface area contributed by atoms with Crippen LogP contribution in [0.15, 0.2) is 90.2 Å². The van der Waals surface area contributed by atoms with Crippen LogP contribution in [-0.2, 0) is 11.2 Å². The fourth-order valence-electron chi connectivity index (χ4n) is 4.59. The Balaban J connectivity index is 1.36. The highest BCUT2D eigenvalue weighted by atomic mass is 16.5. The number of rotatable bonds is 14. The van der Waals surface area contributed by atoms with E-state index in [0.29, 0.717) is 17.0 Å². The van der Waals surface area contributed by atoms with E-state index in [4.69, 9.17) is 4.74 Å². The average molecular weight is 607 g/mol. The van der Waals surface area contributed by atoms with Crippen LogP contribution in [0.3, 0.4) is 0 Å². The molecule has 3 aromatic carbocycles. The molecular weight excluding hydrogens is 568 g/mol. The zero-order valence-corrected chi connectivity index (χ0v) is 25.9. The third kappa shape index (κ3) is 9.40. The molecule has 9 heteroatoms. The van der Waals surface area contributed by atoms with E-state index in [9.17, 15) is 19.5 Å². The molecule has 4 rings (SSSR count). The van der Waals surface area contributed by atoms with Crippen LogP contribution in [0.5, 0.6) is 5.75 Å². The van der Waals surface area contributed by atoms with Gasteiger partial charge in [-0.05, 0) is 53.9 Å². The van der Waals surface area contributed by atoms with Crippen molar-refractivity contribution in [1.29, 1.82) is 0 Å². The first kappa shape index (κ1) is 32.7. The first-order chi connectivity index (χ1) is 21.7. The molecule has 0 atom stereocenters. The molecule has 0 spiro atoms. The van der Waals surface area contributed by atoms with Crippen molar-refractivity contribution in [2.24, 2.45) is 4.99 Å². The Bertz CT molecular complexity index is 1610. The Morgan fingerprint density at radius 3 is 1.96 bits per heavy atom. The van der Waals surface area contributed by atoms with Crippen molar-refractivity contribution in [2.75, 3.05) is 20.7 Å². The van der Waals surface area contributed by atoms with Crippen LogP contribution in [0.2, 0.25) is 0 Å². The maximum atomic E-state index is 12.7. The number of aliphatic imine (C=N–C) groups is 1. The molecule has 1 N–H and O–H groups in total. The van der Waals surface area contributed by atoms with Crippen molar-refractivity contribution in [3.05, 3.63) is 102 Å². The van der Waals surface area contributed by atoms with Gasteiger partial charge in [0.05, 0.1) is 6.61 Å². The Morgan fingerprint density at radius 2 is 1.36 bits per heavy atom. The molecule has 0 radical (unpaired) electrons. The second-order valence-electron chi connectivity index (χ2n) is 10.9. The second-order valence-corrected chi connectivity index (χ2v) is 10.9. The van der Waals surface area contributed by atoms with Gasteiger partial charge in [0.15, 0.2) is 5.82 Å². The molecule has 2 amide bonds. The summed E-state index contributed by atoms with van der Waals surface area (Å²) in [4.78, 5) is 50.9. The van der Waals surface area contributed by atoms with E-state index in [1.54, 1.807) is 50.8 Å². The summed E-state index contributed by atoms with van der Waals surface area (Å²) in [5, 5.41) is 9.69. The standard InChI is InChI=1S/C36H38N4O5/c1-4-5-6-7-8-21-45-31-19-17-26(18-20-31)30-23-37-33(38-24-30)27-11-9-25(10-12-27)22-32(36(43)44)39-34(41)28-13-15-29(16-14-28)35(42)40(2)3/h9-20,23-24H,4-8,21-22H2,1-3H3,(H,43,44). The fourth-order valence-corrected chi connectivity index (χ4v) is 4.59. The Kier molecular flexibility index (Phi) is 11.7. The van der Waals surface area contributed by atoms with Gasteiger partial charge in [-0.15, -0.1) is 0 Å². The second kappa shape index (κ2) is 16.0. The zero-order valence-electron chi connectivity index (χ0n) is 25.9. The normalized spacial score (nSPS) is 11.2. The fraction of sp³-hybridized carbons (Fsp3) is 0.278. The molecule has 0 unspecified atom stereocenters. The van der Waals surface area contributed by atoms with Crippen LogP contribution < -0.4 is 4.74 Å². The highest BCUT2D eigenvalue weighted by Crippen LogP contribution is 2.24. The van der Waals surface area contributed by atoms with Gasteiger partial charge in [-0.25, -0.2) is 19.8 Å². The summed E-state index contributed by atoms with van der Waals surface area (Å²) in [6, 6.07) is 21.0. The van der Waals surface area contributed by atoms with E-state index in [1.165, 1.54) is 54.8 Å². The molecule has 0 saturated heterocycles. The first-order valence-corrected chi connectivity index (χ1v) is 15.1. The molecule has 45 heavy (non-hydrogen) atoms. The lowest BCUT2D eigenvalue weighted by Gasteiger charge is -2.10. The van der Waals surface area contributed by atoms with Crippen molar-refractivity contribution in [3.63, 3.8) is 0 Å². The van der Waals surface area contributed by atoms with E-state index in [1.807, 2.05) is 24.3 Å². The number of benzene rings is 3. The van der Waals surface area contributed by atoms with Crippen molar-refractivity contribution >= 4 is 23.5 Å². The van der Waals surface area contributed by atoms with Crippen molar-refractivity contribution in [3.8, 4) is 28.3 Å². The summed E-state index contributed by atoms with van der Waals surface area (Å²) in [6.07, 6.45) is 9.49. The highest BCUT2D eigenvalue weighted by Gasteiger charge is 2.16. The number of hydrogen-bond donors (Lipinski definition) is 1. The lowest BCUT2D eigenvalue weighted by molar-refractivity contribution is -0.129. The summed E-state index contributed by atoms with van der Waals surface area (Å²) in [6.45, 7) is 2.93. The molecule has 1 heterocycles. The minimum atomic E-state index is -1.28. The molecule has 0 aliphatic rings. The number of carboxylic acids is 1. The number of unbranched alkanes of at least 4 members (excludes halogenated alkanes) is 4. The quantitative estimate of drug-likeness (QED) is 0.124. The number of amides is 2. The largest absolute Gasteiger partial charge is 0.494 e. The number of aromatic nitrogens is 2. The molecule has 4 aromatic rings. The minimum absolute atomic E-state index is 0.0447. The minimum Gasteiger partial charge on any atom is -0.494 e. The highest BCUT2D eigenvalue weighted by molar-refractivity contribution is 6.38. The van der Waals surface area contributed by atoms with Crippen molar-refractivity contribution in [1.82, 2.24) is 14.9 Å². The van der Waals surface area contributed by atoms with Crippen LogP contribution in [0, 0.1) is 0 Å². The maximum Gasteiger partial charge on any atom is 0.350 e. The maximum absolute atomic E-state index is 12.7. The first-order valence-electron chi connectivity index (χ1n) is 15.1. The lowest BCUT2D eigenvalue weighted by Crippen LogP contribution is -2.21. The smallest absolute Gasteiger partial charge is 0.350 e. The number of ether oxygens (including phenoxy) is 1. The zero-order chi connectivity index (χ0) is 32.2. The van der Waals surface area contributed by atoms with Crippen LogP contribution in [0.25, 0.3) is 22.5 Å². The van der Waals surface area contributed by atoms with Gasteiger partial charge in [-0.1, -0.05) is 69.0 Å². The summed E-state index contributed by atoms with van der Waals surface area (Å²) in [5.74, 6) is -0.798. The Labute approximate surface area is 263 Å². The average Bonchev–Trinajstić information content (AvgIpc) is 3.06. The van der Waals surface area contributed by atoms with E-state index in [2.05, 4.69) is 21.9 Å². The monoisotopic (exact) mass is 606 g/mol. The number of carbonyl (C=O) groups is 3. The summed E-state index contributed by atoms with van der Waals surface area (Å²) >= 11 is 0. The number of carboxylic acid groups (broad SMARTS) is 1. The van der Waals surface area contributed by atoms with Crippen LogP contribution in [-0.4, -0.2) is 64.2 Å². The Hall–Kier alpha value is -5.18. The van der Waals surface area contributed by atoms with Gasteiger partial charge in [0, 0.05) is 55.2 Å². The molecular formula is C36H38N4O5. The third-order valence-electron chi connectivity index (χ3n) is 7.21. The molecule has 0 fully saturated rings. The topological polar surface area (TPSA) is 122 Å². The van der Waals surface area contributed by atoms with Gasteiger partial charge in [-0.2, -0.15) is 0 Å². The van der Waals surface area contributed by atoms with E-state index in [0.717, 1.165) is 35.5 Å². The molecule has 0 aliphatic heterocycles. The number of carbonyl (C=O) groups excluding carboxylic acids is 2. The van der Waals surface area contributed by atoms with Crippen molar-refractivity contribution in [2.45, 2.75) is 45.4 Å². The number of nitrogens with zero attached hydrogens (tertiary/aromatic N) is 4. The van der Waals surface area contributed by atoms with Gasteiger partial charge >= 0.3 is 5.97 Å². The van der Waals surface area contributed by atoms with Gasteiger partial charge in [0.25, 0.3) is 11.8 Å². The molecule has 0 saturated carbocycles. The SMILES string of the molecule is CCCCCCCOc1ccc(-c2cnc(-c3ccc(CC(=NC(=O)c4ccc(C(=O)N(C)C)cc4)C(=O)O)cc3)nc2)cc1. The third-order valence-corrected chi connectivity index (χ3v) is 7.21.